The molecule has 0 unspecified atom stereocenters. The van der Waals surface area contributed by atoms with Crippen LogP contribution in [0.5, 0.6) is 5.75 Å². The molecule has 6 amide bonds. The first-order chi connectivity index (χ1) is 34.8. The van der Waals surface area contributed by atoms with Gasteiger partial charge in [0.15, 0.2) is 6.10 Å². The van der Waals surface area contributed by atoms with Crippen LogP contribution in [-0.2, 0) is 62.4 Å². The van der Waals surface area contributed by atoms with Gasteiger partial charge in [-0.25, -0.2) is 19.6 Å². The molecule has 0 spiro atoms. The zero-order valence-corrected chi connectivity index (χ0v) is 42.0. The Balaban J connectivity index is 1.38. The van der Waals surface area contributed by atoms with Gasteiger partial charge in [-0.1, -0.05) is 90.4 Å². The summed E-state index contributed by atoms with van der Waals surface area (Å²) in [5, 5.41) is 33.2. The maximum Gasteiger partial charge on any atom is 0.329 e. The van der Waals surface area contributed by atoms with Gasteiger partial charge in [0.05, 0.1) is 30.6 Å². The number of esters is 1. The number of likely N-dealkylation sites (tertiary alicyclic amines) is 1. The molecule has 0 aliphatic carbocycles. The maximum atomic E-state index is 14.7. The van der Waals surface area contributed by atoms with Crippen molar-refractivity contribution < 1.29 is 53.3 Å². The van der Waals surface area contributed by atoms with E-state index in [0.717, 1.165) is 0 Å². The van der Waals surface area contributed by atoms with E-state index in [1.165, 1.54) is 42.1 Å². The van der Waals surface area contributed by atoms with Crippen LogP contribution in [0, 0.1) is 17.8 Å². The lowest BCUT2D eigenvalue weighted by molar-refractivity contribution is -0.164. The summed E-state index contributed by atoms with van der Waals surface area (Å²) in [5.74, 6) is -7.49. The van der Waals surface area contributed by atoms with Crippen LogP contribution in [0.4, 0.5) is 0 Å². The number of phenolic OH excluding ortho intramolecular Hbond substituents is 1. The normalized spacial score (nSPS) is 16.7. The number of aromatic hydroxyl groups is 1. The molecule has 1 aliphatic rings. The minimum atomic E-state index is -1.54. The fourth-order valence-corrected chi connectivity index (χ4v) is 8.27. The number of carbonyl (C=O) groups excluding carboxylic acids is 7. The fraction of sp³-hybridized carbons (Fsp3) is 0.490. The molecule has 11 N–H and O–H groups in total. The van der Waals surface area contributed by atoms with E-state index in [4.69, 9.17) is 10.5 Å². The van der Waals surface area contributed by atoms with E-state index in [2.05, 4.69) is 46.5 Å². The smallest absolute Gasteiger partial charge is 0.329 e. The molecule has 1 fully saturated rings. The van der Waals surface area contributed by atoms with Gasteiger partial charge in [0.1, 0.15) is 42.0 Å². The summed E-state index contributed by atoms with van der Waals surface area (Å²) in [5.41, 5.74) is 7.95. The van der Waals surface area contributed by atoms with E-state index in [1.54, 1.807) is 84.0 Å². The molecule has 394 valence electrons. The molecule has 1 saturated heterocycles. The van der Waals surface area contributed by atoms with Gasteiger partial charge in [-0.3, -0.25) is 28.8 Å². The highest BCUT2D eigenvalue weighted by Crippen LogP contribution is 2.23. The lowest BCUT2D eigenvalue weighted by Crippen LogP contribution is -2.58. The Bertz CT molecular complexity index is 2470. The summed E-state index contributed by atoms with van der Waals surface area (Å²) < 4.78 is 6.03. The number of aromatic amines is 2. The molecule has 5 rings (SSSR count). The molecule has 9 atom stereocenters. The lowest BCUT2D eigenvalue weighted by Gasteiger charge is -2.31. The number of carboxylic acid groups (broad SMARTS) is 1. The molecule has 4 aromatic rings. The second-order valence-corrected chi connectivity index (χ2v) is 19.2. The molecule has 0 bridgehead atoms. The number of benzene rings is 2. The highest BCUT2D eigenvalue weighted by molar-refractivity contribution is 5.97. The third-order valence-corrected chi connectivity index (χ3v) is 12.7. The maximum absolute atomic E-state index is 14.7. The third kappa shape index (κ3) is 16.2. The van der Waals surface area contributed by atoms with Crippen molar-refractivity contribution in [3.8, 4) is 5.75 Å². The number of hydrogen-bond acceptors (Lipinski definition) is 13. The molecule has 22 heteroatoms. The number of rotatable bonds is 26. The number of aliphatic carboxylic acids is 1. The van der Waals surface area contributed by atoms with E-state index >= 15 is 0 Å². The number of aromatic nitrogens is 4. The Morgan fingerprint density at radius 1 is 0.753 bits per heavy atom. The Labute approximate surface area is 423 Å². The van der Waals surface area contributed by atoms with Gasteiger partial charge in [0, 0.05) is 37.7 Å². The van der Waals surface area contributed by atoms with Crippen LogP contribution in [0.1, 0.15) is 95.8 Å². The number of ether oxygens (including phenoxy) is 1. The highest BCUT2D eigenvalue weighted by atomic mass is 16.5. The number of nitrogens with two attached hydrogens (primary N) is 1. The highest BCUT2D eigenvalue weighted by Gasteiger charge is 2.42. The van der Waals surface area contributed by atoms with Crippen LogP contribution in [-0.4, -0.2) is 131 Å². The van der Waals surface area contributed by atoms with Crippen molar-refractivity contribution in [3.05, 3.63) is 102 Å². The van der Waals surface area contributed by atoms with Gasteiger partial charge in [-0.15, -0.1) is 0 Å². The Morgan fingerprint density at radius 2 is 1.37 bits per heavy atom. The summed E-state index contributed by atoms with van der Waals surface area (Å²) in [4.78, 5) is 126. The summed E-state index contributed by atoms with van der Waals surface area (Å²) in [6.07, 6.45) is 4.67. The first kappa shape index (κ1) is 56.3. The monoisotopic (exact) mass is 1010 g/mol. The molecule has 3 heterocycles. The SMILES string of the molecule is CC[C@H](C)[C@H](NC(=O)[C@H](Cc1ccc(O)cc1)NC(=O)[C@@H](N)C(C)C)C(=O)O[C@@H](Cc1cnc[nH]1)C(=O)N1CCC[C@H]1C(=O)N[C@@H](Cc1ccccc1)C(=O)N[C@@H](C(=O)N[C@@H](CC(C)C)C(=O)O)c1cnc[nH]1. The summed E-state index contributed by atoms with van der Waals surface area (Å²) in [6, 6.07) is 6.18. The number of imidazole rings is 2. The first-order valence-corrected chi connectivity index (χ1v) is 24.5. The molecule has 1 aliphatic heterocycles. The predicted octanol–water partition coefficient (Wildman–Crippen LogP) is 1.73. The number of nitrogens with zero attached hydrogens (tertiary/aromatic N) is 3. The quantitative estimate of drug-likeness (QED) is 0.0401. The van der Waals surface area contributed by atoms with E-state index in [-0.39, 0.29) is 61.9 Å². The van der Waals surface area contributed by atoms with Crippen molar-refractivity contribution >= 4 is 47.4 Å². The minimum Gasteiger partial charge on any atom is -0.508 e. The standard InChI is InChI=1S/C51H69N11O11/c1-7-30(6)42(60-44(64)36(58-47(67)41(52)29(4)5)22-32-15-17-34(63)18-16-32)51(72)73-40(23-33-24-53-26-55-33)49(69)62-19-11-14-39(62)46(66)57-35(21-31-12-9-8-10-13-31)45(65)61-43(38-25-54-27-56-38)48(68)59-37(50(70)71)20-28(2)3/h8-10,12-13,15-18,24-30,35-37,39-43,63H,7,11,14,19-23,52H2,1-6H3,(H,53,55)(H,54,56)(H,57,66)(H,58,67)(H,59,68)(H,60,64)(H,61,65)(H,70,71)/t30-,35-,36-,37-,39-,40-,41-,42-,43+/m0/s1. The van der Waals surface area contributed by atoms with E-state index in [0.29, 0.717) is 29.7 Å². The van der Waals surface area contributed by atoms with Crippen molar-refractivity contribution in [2.75, 3.05) is 6.54 Å². The van der Waals surface area contributed by atoms with Gasteiger partial charge in [0.2, 0.25) is 29.5 Å². The zero-order valence-electron chi connectivity index (χ0n) is 42.0. The van der Waals surface area contributed by atoms with Crippen molar-refractivity contribution in [2.24, 2.45) is 23.5 Å². The van der Waals surface area contributed by atoms with E-state index < -0.39 is 102 Å². The summed E-state index contributed by atoms with van der Waals surface area (Å²) >= 11 is 0. The van der Waals surface area contributed by atoms with Crippen molar-refractivity contribution in [1.82, 2.24) is 51.4 Å². The van der Waals surface area contributed by atoms with Gasteiger partial charge < -0.3 is 62.1 Å². The van der Waals surface area contributed by atoms with E-state index in [9.17, 15) is 48.6 Å². The summed E-state index contributed by atoms with van der Waals surface area (Å²) in [6.45, 7) is 10.7. The lowest BCUT2D eigenvalue weighted by atomic mass is 9.97. The zero-order chi connectivity index (χ0) is 53.4. The second-order valence-electron chi connectivity index (χ2n) is 19.2. The van der Waals surface area contributed by atoms with Crippen LogP contribution < -0.4 is 32.3 Å². The number of hydrogen-bond donors (Lipinski definition) is 10. The Hall–Kier alpha value is -7.62. The molecule has 73 heavy (non-hydrogen) atoms. The van der Waals surface area contributed by atoms with Crippen LogP contribution in [0.3, 0.4) is 0 Å². The number of H-pyrrole nitrogens is 2. The van der Waals surface area contributed by atoms with E-state index in [1.807, 2.05) is 0 Å². The molecular formula is C51H69N11O11. The average molecular weight is 1010 g/mol. The number of carbonyl (C=O) groups is 8. The third-order valence-electron chi connectivity index (χ3n) is 12.7. The van der Waals surface area contributed by atoms with Crippen LogP contribution in [0.25, 0.3) is 0 Å². The molecule has 0 radical (unpaired) electrons. The molecule has 2 aromatic heterocycles. The van der Waals surface area contributed by atoms with Gasteiger partial charge in [-0.2, -0.15) is 0 Å². The van der Waals surface area contributed by atoms with Crippen molar-refractivity contribution in [2.45, 2.75) is 135 Å². The van der Waals surface area contributed by atoms with Gasteiger partial charge in [-0.05, 0) is 60.3 Å². The largest absolute Gasteiger partial charge is 0.508 e. The summed E-state index contributed by atoms with van der Waals surface area (Å²) in [7, 11) is 0. The first-order valence-electron chi connectivity index (χ1n) is 24.5. The Morgan fingerprint density at radius 3 is 1.96 bits per heavy atom. The minimum absolute atomic E-state index is 0.00000585. The number of phenols is 1. The molecule has 2 aromatic carbocycles. The average Bonchev–Trinajstić information content (AvgIpc) is 4.19. The van der Waals surface area contributed by atoms with Crippen LogP contribution in [0.15, 0.2) is 79.6 Å². The molecular weight excluding hydrogens is 943 g/mol. The van der Waals surface area contributed by atoms with Crippen LogP contribution >= 0.6 is 0 Å². The number of carboxylic acids is 1. The topological polar surface area (TPSA) is 333 Å². The van der Waals surface area contributed by atoms with Crippen molar-refractivity contribution in [3.63, 3.8) is 0 Å². The van der Waals surface area contributed by atoms with Gasteiger partial charge in [0.25, 0.3) is 5.91 Å². The second kappa shape index (κ2) is 26.7. The van der Waals surface area contributed by atoms with Crippen LogP contribution in [0.2, 0.25) is 0 Å². The predicted molar refractivity (Wildman–Crippen MR) is 265 cm³/mol. The van der Waals surface area contributed by atoms with Gasteiger partial charge >= 0.3 is 11.9 Å². The number of amides is 6. The number of nitrogens with one attached hydrogen (secondary N) is 7. The fourth-order valence-electron chi connectivity index (χ4n) is 8.27. The Kier molecular flexibility index (Phi) is 20.6. The molecule has 0 saturated carbocycles. The molecule has 22 nitrogen and oxygen atoms in total. The van der Waals surface area contributed by atoms with Crippen molar-refractivity contribution in [1.29, 1.82) is 0 Å².